The zero-order chi connectivity index (χ0) is 15.1. The lowest BCUT2D eigenvalue weighted by Crippen LogP contribution is -1.78. The van der Waals surface area contributed by atoms with E-state index in [0.717, 1.165) is 11.1 Å². The standard InChI is InChI=1S/C18H11ClN2/c19-18(17-10-8-16(13-21)9-11-17)3-1-2-14-4-6-15(12-20)7-5-14/h1-11H/b2-1+,18-3-. The molecule has 2 nitrogen and oxygen atoms in total. The summed E-state index contributed by atoms with van der Waals surface area (Å²) in [5, 5.41) is 18.1. The van der Waals surface area contributed by atoms with Gasteiger partial charge >= 0.3 is 0 Å². The van der Waals surface area contributed by atoms with Gasteiger partial charge in [0.1, 0.15) is 0 Å². The molecule has 0 saturated heterocycles. The maximum Gasteiger partial charge on any atom is 0.0991 e. The lowest BCUT2D eigenvalue weighted by molar-refractivity contribution is 1.48. The maximum atomic E-state index is 8.74. The number of nitrogens with zero attached hydrogens (tertiary/aromatic N) is 2. The Kier molecular flexibility index (Phi) is 4.94. The third kappa shape index (κ3) is 4.08. The van der Waals surface area contributed by atoms with Crippen LogP contribution in [-0.2, 0) is 0 Å². The molecule has 2 aromatic carbocycles. The van der Waals surface area contributed by atoms with Gasteiger partial charge in [-0.1, -0.05) is 48.0 Å². The molecule has 0 radical (unpaired) electrons. The fourth-order valence-electron chi connectivity index (χ4n) is 1.71. The molecule has 0 aromatic heterocycles. The molecule has 0 saturated carbocycles. The molecule has 0 fully saturated rings. The van der Waals surface area contributed by atoms with Crippen molar-refractivity contribution in [2.24, 2.45) is 0 Å². The van der Waals surface area contributed by atoms with E-state index in [1.807, 2.05) is 36.4 Å². The van der Waals surface area contributed by atoms with Gasteiger partial charge in [0, 0.05) is 5.03 Å². The lowest BCUT2D eigenvalue weighted by Gasteiger charge is -1.98. The maximum absolute atomic E-state index is 8.74. The monoisotopic (exact) mass is 290 g/mol. The van der Waals surface area contributed by atoms with Crippen molar-refractivity contribution >= 4 is 22.7 Å². The van der Waals surface area contributed by atoms with Gasteiger partial charge in [-0.05, 0) is 41.5 Å². The highest BCUT2D eigenvalue weighted by Gasteiger charge is 1.97. The number of rotatable bonds is 3. The van der Waals surface area contributed by atoms with Crippen LogP contribution >= 0.6 is 11.6 Å². The van der Waals surface area contributed by atoms with E-state index in [0.29, 0.717) is 16.2 Å². The molecule has 0 atom stereocenters. The quantitative estimate of drug-likeness (QED) is 0.768. The first kappa shape index (κ1) is 14.6. The first-order valence-electron chi connectivity index (χ1n) is 6.27. The zero-order valence-corrected chi connectivity index (χ0v) is 11.9. The van der Waals surface area contributed by atoms with Gasteiger partial charge in [-0.25, -0.2) is 0 Å². The van der Waals surface area contributed by atoms with Crippen molar-refractivity contribution < 1.29 is 0 Å². The van der Waals surface area contributed by atoms with Gasteiger partial charge in [0.05, 0.1) is 23.3 Å². The number of hydrogen-bond acceptors (Lipinski definition) is 2. The summed E-state index contributed by atoms with van der Waals surface area (Å²) in [7, 11) is 0. The molecule has 0 heterocycles. The van der Waals surface area contributed by atoms with Crippen LogP contribution in [0.15, 0.2) is 60.7 Å². The van der Waals surface area contributed by atoms with Crippen LogP contribution in [0.1, 0.15) is 22.3 Å². The molecule has 0 bridgehead atoms. The molecule has 2 rings (SSSR count). The van der Waals surface area contributed by atoms with Gasteiger partial charge in [0.2, 0.25) is 0 Å². The summed E-state index contributed by atoms with van der Waals surface area (Å²) in [4.78, 5) is 0. The topological polar surface area (TPSA) is 47.6 Å². The predicted molar refractivity (Wildman–Crippen MR) is 85.2 cm³/mol. The van der Waals surface area contributed by atoms with Crippen molar-refractivity contribution in [2.75, 3.05) is 0 Å². The SMILES string of the molecule is N#Cc1ccc(/C=C/C=C(\Cl)c2ccc(C#N)cc2)cc1. The molecule has 2 aromatic rings. The van der Waals surface area contributed by atoms with Gasteiger partial charge < -0.3 is 0 Å². The third-order valence-corrected chi connectivity index (χ3v) is 3.20. The molecular weight excluding hydrogens is 280 g/mol. The van der Waals surface area contributed by atoms with Crippen molar-refractivity contribution in [1.82, 2.24) is 0 Å². The van der Waals surface area contributed by atoms with Gasteiger partial charge in [0.15, 0.2) is 0 Å². The first-order chi connectivity index (χ1) is 10.2. The number of nitriles is 2. The van der Waals surface area contributed by atoms with Crippen molar-refractivity contribution in [3.8, 4) is 12.1 Å². The van der Waals surface area contributed by atoms with Crippen LogP contribution < -0.4 is 0 Å². The summed E-state index contributed by atoms with van der Waals surface area (Å²) in [6.45, 7) is 0. The summed E-state index contributed by atoms with van der Waals surface area (Å²) >= 11 is 6.20. The van der Waals surface area contributed by atoms with E-state index >= 15 is 0 Å². The smallest absolute Gasteiger partial charge is 0.0991 e. The Bertz CT molecular complexity index is 755. The van der Waals surface area contributed by atoms with Gasteiger partial charge in [0.25, 0.3) is 0 Å². The van der Waals surface area contributed by atoms with E-state index in [4.69, 9.17) is 22.1 Å². The van der Waals surface area contributed by atoms with E-state index < -0.39 is 0 Å². The Morgan fingerprint density at radius 2 is 1.38 bits per heavy atom. The van der Waals surface area contributed by atoms with Crippen LogP contribution in [0.4, 0.5) is 0 Å². The van der Waals surface area contributed by atoms with Gasteiger partial charge in [-0.3, -0.25) is 0 Å². The largest absolute Gasteiger partial charge is 0.192 e. The van der Waals surface area contributed by atoms with E-state index in [9.17, 15) is 0 Å². The summed E-state index contributed by atoms with van der Waals surface area (Å²) in [5.74, 6) is 0. The Labute approximate surface area is 128 Å². The van der Waals surface area contributed by atoms with Gasteiger partial charge in [-0.2, -0.15) is 10.5 Å². The molecule has 0 amide bonds. The minimum Gasteiger partial charge on any atom is -0.192 e. The van der Waals surface area contributed by atoms with Crippen LogP contribution in [0.25, 0.3) is 11.1 Å². The van der Waals surface area contributed by atoms with Crippen molar-refractivity contribution in [1.29, 1.82) is 10.5 Å². The number of halogens is 1. The number of benzene rings is 2. The summed E-state index contributed by atoms with van der Waals surface area (Å²) < 4.78 is 0. The molecule has 0 N–H and O–H groups in total. The predicted octanol–water partition coefficient (Wildman–Crippen LogP) is 4.72. The third-order valence-electron chi connectivity index (χ3n) is 2.86. The highest BCUT2D eigenvalue weighted by atomic mass is 35.5. The highest BCUT2D eigenvalue weighted by Crippen LogP contribution is 2.19. The second-order valence-corrected chi connectivity index (χ2v) is 4.70. The Hall–Kier alpha value is -2.81. The summed E-state index contributed by atoms with van der Waals surface area (Å²) in [6, 6.07) is 18.5. The van der Waals surface area contributed by atoms with E-state index in [2.05, 4.69) is 12.1 Å². The Morgan fingerprint density at radius 3 is 1.90 bits per heavy atom. The van der Waals surface area contributed by atoms with Crippen molar-refractivity contribution in [3.63, 3.8) is 0 Å². The normalized spacial score (nSPS) is 11.1. The molecule has 0 unspecified atom stereocenters. The molecule has 0 aliphatic carbocycles. The van der Waals surface area contributed by atoms with Crippen LogP contribution in [0.3, 0.4) is 0 Å². The fourth-order valence-corrected chi connectivity index (χ4v) is 1.91. The molecular formula is C18H11ClN2. The fraction of sp³-hybridized carbons (Fsp3) is 0. The van der Waals surface area contributed by atoms with E-state index in [-0.39, 0.29) is 0 Å². The number of allylic oxidation sites excluding steroid dienone is 2. The molecule has 0 aliphatic rings. The lowest BCUT2D eigenvalue weighted by atomic mass is 10.1. The van der Waals surface area contributed by atoms with Crippen LogP contribution in [-0.4, -0.2) is 0 Å². The van der Waals surface area contributed by atoms with Crippen molar-refractivity contribution in [3.05, 3.63) is 82.9 Å². The minimum absolute atomic E-state index is 0.601. The average molecular weight is 291 g/mol. The van der Waals surface area contributed by atoms with Crippen LogP contribution in [0.5, 0.6) is 0 Å². The molecule has 100 valence electrons. The molecule has 21 heavy (non-hydrogen) atoms. The van der Waals surface area contributed by atoms with Crippen LogP contribution in [0.2, 0.25) is 0 Å². The molecule has 3 heteroatoms. The molecule has 0 aliphatic heterocycles. The zero-order valence-electron chi connectivity index (χ0n) is 11.1. The van der Waals surface area contributed by atoms with Crippen LogP contribution in [0, 0.1) is 22.7 Å². The average Bonchev–Trinajstić information content (AvgIpc) is 2.55. The Balaban J connectivity index is 2.09. The minimum atomic E-state index is 0.601. The van der Waals surface area contributed by atoms with Crippen molar-refractivity contribution in [2.45, 2.75) is 0 Å². The van der Waals surface area contributed by atoms with Gasteiger partial charge in [-0.15, -0.1) is 0 Å². The van der Waals surface area contributed by atoms with E-state index in [1.54, 1.807) is 30.3 Å². The summed E-state index contributed by atoms with van der Waals surface area (Å²) in [6.07, 6.45) is 5.55. The highest BCUT2D eigenvalue weighted by molar-refractivity contribution is 6.48. The second-order valence-electron chi connectivity index (χ2n) is 4.30. The van der Waals surface area contributed by atoms with E-state index in [1.165, 1.54) is 0 Å². The Morgan fingerprint density at radius 1 is 0.857 bits per heavy atom. The summed E-state index contributed by atoms with van der Waals surface area (Å²) in [5.41, 5.74) is 3.10. The first-order valence-corrected chi connectivity index (χ1v) is 6.65. The molecule has 0 spiro atoms. The number of hydrogen-bond donors (Lipinski definition) is 0. The second kappa shape index (κ2) is 7.10.